The Morgan fingerprint density at radius 2 is 1.87 bits per heavy atom. The Hall–Kier alpha value is -1.88. The van der Waals surface area contributed by atoms with E-state index in [1.807, 2.05) is 37.4 Å². The van der Waals surface area contributed by atoms with Crippen LogP contribution in [0.4, 0.5) is 0 Å². The van der Waals surface area contributed by atoms with Gasteiger partial charge in [-0.25, -0.2) is 4.98 Å². The molecule has 0 amide bonds. The molecule has 23 heavy (non-hydrogen) atoms. The molecule has 2 unspecified atom stereocenters. The summed E-state index contributed by atoms with van der Waals surface area (Å²) in [6.07, 6.45) is -0.579. The second kappa shape index (κ2) is 6.71. The van der Waals surface area contributed by atoms with Gasteiger partial charge < -0.3 is 15.0 Å². The van der Waals surface area contributed by atoms with E-state index >= 15 is 0 Å². The maximum absolute atomic E-state index is 10.3. The van der Waals surface area contributed by atoms with Crippen molar-refractivity contribution < 1.29 is 5.11 Å². The van der Waals surface area contributed by atoms with E-state index in [0.717, 1.165) is 22.4 Å². The van der Waals surface area contributed by atoms with Crippen LogP contribution in [0.2, 0.25) is 5.02 Å². The lowest BCUT2D eigenvalue weighted by Crippen LogP contribution is -2.26. The number of nitrogens with one attached hydrogen (secondary N) is 1. The molecule has 120 valence electrons. The van der Waals surface area contributed by atoms with Gasteiger partial charge in [0.1, 0.15) is 5.82 Å². The van der Waals surface area contributed by atoms with Crippen molar-refractivity contribution in [2.24, 2.45) is 7.05 Å². The van der Waals surface area contributed by atoms with Crippen molar-refractivity contribution in [3.05, 3.63) is 64.9 Å². The highest BCUT2D eigenvalue weighted by Crippen LogP contribution is 2.20. The number of imidazole rings is 1. The normalized spacial score (nSPS) is 14.1. The third kappa shape index (κ3) is 3.39. The van der Waals surface area contributed by atoms with E-state index in [-0.39, 0.29) is 6.04 Å². The van der Waals surface area contributed by atoms with Gasteiger partial charge in [-0.1, -0.05) is 35.9 Å². The number of aliphatic hydroxyl groups is 1. The van der Waals surface area contributed by atoms with Crippen LogP contribution in [0, 0.1) is 0 Å². The van der Waals surface area contributed by atoms with Crippen LogP contribution in [-0.4, -0.2) is 21.2 Å². The lowest BCUT2D eigenvalue weighted by Gasteiger charge is -2.17. The van der Waals surface area contributed by atoms with Crippen molar-refractivity contribution in [1.82, 2.24) is 14.9 Å². The smallest absolute Gasteiger partial charge is 0.126 e. The lowest BCUT2D eigenvalue weighted by atomic mass is 10.1. The third-order valence-electron chi connectivity index (χ3n) is 4.08. The molecule has 0 spiro atoms. The highest BCUT2D eigenvalue weighted by atomic mass is 35.5. The van der Waals surface area contributed by atoms with Crippen LogP contribution in [0.1, 0.15) is 30.5 Å². The first-order valence-electron chi connectivity index (χ1n) is 7.64. The van der Waals surface area contributed by atoms with Crippen molar-refractivity contribution in [2.75, 3.05) is 6.54 Å². The van der Waals surface area contributed by atoms with Gasteiger partial charge in [0.05, 0.1) is 23.2 Å². The highest BCUT2D eigenvalue weighted by molar-refractivity contribution is 6.30. The van der Waals surface area contributed by atoms with Crippen molar-refractivity contribution in [2.45, 2.75) is 19.1 Å². The SMILES string of the molecule is CC(NCC(O)c1ccc(Cl)cc1)c1nc2ccccc2n1C. The van der Waals surface area contributed by atoms with Crippen LogP contribution >= 0.6 is 11.6 Å². The second-order valence-electron chi connectivity index (χ2n) is 5.72. The fourth-order valence-corrected chi connectivity index (χ4v) is 2.86. The molecule has 3 aromatic rings. The summed E-state index contributed by atoms with van der Waals surface area (Å²) in [6, 6.07) is 15.4. The molecule has 2 aromatic carbocycles. The van der Waals surface area contributed by atoms with E-state index in [1.54, 1.807) is 12.1 Å². The minimum Gasteiger partial charge on any atom is -0.387 e. The fourth-order valence-electron chi connectivity index (χ4n) is 2.73. The fraction of sp³-hybridized carbons (Fsp3) is 0.278. The van der Waals surface area contributed by atoms with Gasteiger partial charge >= 0.3 is 0 Å². The number of fused-ring (bicyclic) bond motifs is 1. The van der Waals surface area contributed by atoms with Crippen molar-refractivity contribution >= 4 is 22.6 Å². The van der Waals surface area contributed by atoms with E-state index in [0.29, 0.717) is 11.6 Å². The first-order valence-corrected chi connectivity index (χ1v) is 8.02. The Kier molecular flexibility index (Phi) is 4.66. The second-order valence-corrected chi connectivity index (χ2v) is 6.15. The largest absolute Gasteiger partial charge is 0.387 e. The molecule has 1 heterocycles. The van der Waals surface area contributed by atoms with Crippen molar-refractivity contribution in [1.29, 1.82) is 0 Å². The summed E-state index contributed by atoms with van der Waals surface area (Å²) in [7, 11) is 2.01. The van der Waals surface area contributed by atoms with Gasteiger partial charge in [-0.05, 0) is 36.8 Å². The first-order chi connectivity index (χ1) is 11.1. The molecule has 0 aliphatic carbocycles. The van der Waals surface area contributed by atoms with E-state index in [1.165, 1.54) is 0 Å². The van der Waals surface area contributed by atoms with Gasteiger partial charge in [0.15, 0.2) is 0 Å². The zero-order chi connectivity index (χ0) is 16.4. The summed E-state index contributed by atoms with van der Waals surface area (Å²) in [6.45, 7) is 2.50. The average molecular weight is 330 g/mol. The molecule has 2 N–H and O–H groups in total. The van der Waals surface area contributed by atoms with E-state index in [9.17, 15) is 5.11 Å². The van der Waals surface area contributed by atoms with Crippen LogP contribution < -0.4 is 5.32 Å². The van der Waals surface area contributed by atoms with Crippen LogP contribution in [0.15, 0.2) is 48.5 Å². The Morgan fingerprint density at radius 3 is 2.57 bits per heavy atom. The van der Waals surface area contributed by atoms with Gasteiger partial charge in [-0.2, -0.15) is 0 Å². The zero-order valence-corrected chi connectivity index (χ0v) is 14.0. The molecular weight excluding hydrogens is 310 g/mol. The standard InChI is InChI=1S/C18H20ClN3O/c1-12(18-21-15-5-3-4-6-16(15)22(18)2)20-11-17(23)13-7-9-14(19)10-8-13/h3-10,12,17,20,23H,11H2,1-2H3. The Balaban J connectivity index is 1.69. The van der Waals surface area contributed by atoms with Gasteiger partial charge in [0, 0.05) is 18.6 Å². The number of rotatable bonds is 5. The average Bonchev–Trinajstić information content (AvgIpc) is 2.90. The summed E-state index contributed by atoms with van der Waals surface area (Å²) in [5.74, 6) is 0.953. The first kappa shape index (κ1) is 16.0. The van der Waals surface area contributed by atoms with Crippen LogP contribution in [0.3, 0.4) is 0 Å². The Morgan fingerprint density at radius 1 is 1.17 bits per heavy atom. The summed E-state index contributed by atoms with van der Waals surface area (Å²) in [5.41, 5.74) is 2.94. The zero-order valence-electron chi connectivity index (χ0n) is 13.2. The monoisotopic (exact) mass is 329 g/mol. The Bertz CT molecular complexity index is 798. The molecule has 4 nitrogen and oxygen atoms in total. The maximum Gasteiger partial charge on any atom is 0.126 e. The molecule has 0 fully saturated rings. The van der Waals surface area contributed by atoms with Gasteiger partial charge in [0.2, 0.25) is 0 Å². The predicted octanol–water partition coefficient (Wildman–Crippen LogP) is 3.61. The lowest BCUT2D eigenvalue weighted by molar-refractivity contribution is 0.170. The number of benzene rings is 2. The van der Waals surface area contributed by atoms with Crippen LogP contribution in [0.5, 0.6) is 0 Å². The van der Waals surface area contributed by atoms with Crippen molar-refractivity contribution in [3.8, 4) is 0 Å². The molecule has 5 heteroatoms. The molecule has 0 radical (unpaired) electrons. The molecule has 3 rings (SSSR count). The Labute approximate surface area is 140 Å². The van der Waals surface area contributed by atoms with Crippen molar-refractivity contribution in [3.63, 3.8) is 0 Å². The maximum atomic E-state index is 10.3. The highest BCUT2D eigenvalue weighted by Gasteiger charge is 2.15. The number of hydrogen-bond acceptors (Lipinski definition) is 3. The molecule has 0 aliphatic rings. The number of halogens is 1. The van der Waals surface area contributed by atoms with E-state index in [4.69, 9.17) is 11.6 Å². The molecule has 0 aliphatic heterocycles. The molecule has 2 atom stereocenters. The van der Waals surface area contributed by atoms with E-state index < -0.39 is 6.10 Å². The number of nitrogens with zero attached hydrogens (tertiary/aromatic N) is 2. The number of aromatic nitrogens is 2. The number of aryl methyl sites for hydroxylation is 1. The molecule has 0 saturated heterocycles. The summed E-state index contributed by atoms with van der Waals surface area (Å²) < 4.78 is 2.08. The summed E-state index contributed by atoms with van der Waals surface area (Å²) in [4.78, 5) is 4.68. The quantitative estimate of drug-likeness (QED) is 0.751. The summed E-state index contributed by atoms with van der Waals surface area (Å²) >= 11 is 5.87. The number of hydrogen-bond donors (Lipinski definition) is 2. The minimum atomic E-state index is -0.579. The topological polar surface area (TPSA) is 50.1 Å². The molecular formula is C18H20ClN3O. The van der Waals surface area contributed by atoms with Gasteiger partial charge in [-0.3, -0.25) is 0 Å². The minimum absolute atomic E-state index is 0.0364. The van der Waals surface area contributed by atoms with Crippen LogP contribution in [0.25, 0.3) is 11.0 Å². The van der Waals surface area contributed by atoms with E-state index in [2.05, 4.69) is 27.9 Å². The third-order valence-corrected chi connectivity index (χ3v) is 4.33. The van der Waals surface area contributed by atoms with Gasteiger partial charge in [-0.15, -0.1) is 0 Å². The number of aliphatic hydroxyl groups excluding tert-OH is 1. The summed E-state index contributed by atoms with van der Waals surface area (Å²) in [5, 5.41) is 14.3. The molecule has 0 saturated carbocycles. The molecule has 0 bridgehead atoms. The molecule has 1 aromatic heterocycles. The number of para-hydroxylation sites is 2. The van der Waals surface area contributed by atoms with Gasteiger partial charge in [0.25, 0.3) is 0 Å². The van der Waals surface area contributed by atoms with Crippen LogP contribution in [-0.2, 0) is 7.05 Å². The predicted molar refractivity (Wildman–Crippen MR) is 93.5 cm³/mol.